The van der Waals surface area contributed by atoms with Gasteiger partial charge in [-0.2, -0.15) is 0 Å². The molecule has 1 saturated heterocycles. The maximum atomic E-state index is 12.9. The van der Waals surface area contributed by atoms with E-state index in [9.17, 15) is 9.18 Å². The SMILES string of the molecule is C[C@H]1C[C@H](c2ccc(F)cc2)CN1CCC(=O)O. The van der Waals surface area contributed by atoms with Crippen LogP contribution in [0.1, 0.15) is 31.2 Å². The van der Waals surface area contributed by atoms with Gasteiger partial charge in [-0.15, -0.1) is 0 Å². The first kappa shape index (κ1) is 13.0. The van der Waals surface area contributed by atoms with Crippen molar-refractivity contribution >= 4 is 5.97 Å². The first-order chi connectivity index (χ1) is 8.56. The molecule has 2 atom stereocenters. The fourth-order valence-corrected chi connectivity index (χ4v) is 2.63. The number of benzene rings is 1. The average molecular weight is 251 g/mol. The van der Waals surface area contributed by atoms with Crippen LogP contribution >= 0.6 is 0 Å². The van der Waals surface area contributed by atoms with E-state index in [0.717, 1.165) is 18.5 Å². The van der Waals surface area contributed by atoms with Gasteiger partial charge in [0.05, 0.1) is 6.42 Å². The quantitative estimate of drug-likeness (QED) is 0.893. The first-order valence-electron chi connectivity index (χ1n) is 6.27. The molecule has 1 N–H and O–H groups in total. The summed E-state index contributed by atoms with van der Waals surface area (Å²) in [5.74, 6) is -0.589. The van der Waals surface area contributed by atoms with Crippen LogP contribution in [-0.2, 0) is 4.79 Å². The van der Waals surface area contributed by atoms with Crippen LogP contribution in [0.25, 0.3) is 0 Å². The second kappa shape index (κ2) is 5.48. The number of hydrogen-bond donors (Lipinski definition) is 1. The number of aliphatic carboxylic acids is 1. The maximum Gasteiger partial charge on any atom is 0.304 e. The fraction of sp³-hybridized carbons (Fsp3) is 0.500. The van der Waals surface area contributed by atoms with Crippen molar-refractivity contribution in [1.82, 2.24) is 4.90 Å². The Labute approximate surface area is 106 Å². The number of hydrogen-bond acceptors (Lipinski definition) is 2. The molecule has 1 aliphatic heterocycles. The Bertz CT molecular complexity index is 418. The largest absolute Gasteiger partial charge is 0.481 e. The minimum atomic E-state index is -0.757. The van der Waals surface area contributed by atoms with Gasteiger partial charge in [-0.1, -0.05) is 12.1 Å². The highest BCUT2D eigenvalue weighted by Crippen LogP contribution is 2.31. The number of carboxylic acids is 1. The Morgan fingerprint density at radius 3 is 2.72 bits per heavy atom. The summed E-state index contributed by atoms with van der Waals surface area (Å²) in [6.07, 6.45) is 1.19. The topological polar surface area (TPSA) is 40.5 Å². The van der Waals surface area contributed by atoms with Crippen molar-refractivity contribution in [2.45, 2.75) is 31.7 Å². The summed E-state index contributed by atoms with van der Waals surface area (Å²) in [5, 5.41) is 8.71. The van der Waals surface area contributed by atoms with Crippen molar-refractivity contribution in [3.63, 3.8) is 0 Å². The van der Waals surface area contributed by atoms with Crippen LogP contribution in [0.3, 0.4) is 0 Å². The molecular formula is C14H18FNO2. The second-order valence-corrected chi connectivity index (χ2v) is 4.97. The van der Waals surface area contributed by atoms with Crippen molar-refractivity contribution in [2.75, 3.05) is 13.1 Å². The molecule has 98 valence electrons. The predicted molar refractivity (Wildman–Crippen MR) is 67.0 cm³/mol. The Balaban J connectivity index is 1.97. The van der Waals surface area contributed by atoms with E-state index in [4.69, 9.17) is 5.11 Å². The summed E-state index contributed by atoms with van der Waals surface area (Å²) in [7, 11) is 0. The number of carbonyl (C=O) groups is 1. The molecule has 0 unspecified atom stereocenters. The van der Waals surface area contributed by atoms with Gasteiger partial charge in [-0.25, -0.2) is 4.39 Å². The lowest BCUT2D eigenvalue weighted by Gasteiger charge is -2.19. The molecule has 0 saturated carbocycles. The van der Waals surface area contributed by atoms with Gasteiger partial charge in [-0.3, -0.25) is 9.69 Å². The third kappa shape index (κ3) is 3.07. The minimum Gasteiger partial charge on any atom is -0.481 e. The van der Waals surface area contributed by atoms with Gasteiger partial charge in [0.25, 0.3) is 0 Å². The zero-order chi connectivity index (χ0) is 13.1. The van der Waals surface area contributed by atoms with Crippen LogP contribution < -0.4 is 0 Å². The highest BCUT2D eigenvalue weighted by molar-refractivity contribution is 5.66. The van der Waals surface area contributed by atoms with Crippen LogP contribution in [0.5, 0.6) is 0 Å². The lowest BCUT2D eigenvalue weighted by atomic mass is 9.97. The van der Waals surface area contributed by atoms with Crippen LogP contribution in [-0.4, -0.2) is 35.1 Å². The lowest BCUT2D eigenvalue weighted by Crippen LogP contribution is -2.29. The Morgan fingerprint density at radius 2 is 2.11 bits per heavy atom. The van der Waals surface area contributed by atoms with E-state index in [-0.39, 0.29) is 12.2 Å². The molecule has 3 nitrogen and oxygen atoms in total. The summed E-state index contributed by atoms with van der Waals surface area (Å²) in [4.78, 5) is 12.8. The highest BCUT2D eigenvalue weighted by atomic mass is 19.1. The lowest BCUT2D eigenvalue weighted by molar-refractivity contribution is -0.137. The van der Waals surface area contributed by atoms with Crippen LogP contribution in [0.15, 0.2) is 24.3 Å². The van der Waals surface area contributed by atoms with Gasteiger partial charge in [-0.05, 0) is 37.0 Å². The summed E-state index contributed by atoms with van der Waals surface area (Å²) in [6, 6.07) is 7.01. The zero-order valence-corrected chi connectivity index (χ0v) is 10.5. The van der Waals surface area contributed by atoms with Crippen LogP contribution in [0, 0.1) is 5.82 Å². The maximum absolute atomic E-state index is 12.9. The number of likely N-dealkylation sites (tertiary alicyclic amines) is 1. The summed E-state index contributed by atoms with van der Waals surface area (Å²) >= 11 is 0. The Morgan fingerprint density at radius 1 is 1.44 bits per heavy atom. The molecule has 0 spiro atoms. The molecule has 18 heavy (non-hydrogen) atoms. The van der Waals surface area contributed by atoms with Gasteiger partial charge in [0, 0.05) is 19.1 Å². The van der Waals surface area contributed by atoms with Gasteiger partial charge in [0.15, 0.2) is 0 Å². The predicted octanol–water partition coefficient (Wildman–Crippen LogP) is 2.48. The smallest absolute Gasteiger partial charge is 0.304 e. The van der Waals surface area contributed by atoms with Crippen molar-refractivity contribution in [3.8, 4) is 0 Å². The number of rotatable bonds is 4. The zero-order valence-electron chi connectivity index (χ0n) is 10.5. The summed E-state index contributed by atoms with van der Waals surface area (Å²) < 4.78 is 12.9. The molecular weight excluding hydrogens is 233 g/mol. The molecule has 4 heteroatoms. The third-order valence-corrected chi connectivity index (χ3v) is 3.66. The van der Waals surface area contributed by atoms with E-state index in [0.29, 0.717) is 18.5 Å². The fourth-order valence-electron chi connectivity index (χ4n) is 2.63. The van der Waals surface area contributed by atoms with Crippen LogP contribution in [0.4, 0.5) is 4.39 Å². The summed E-state index contributed by atoms with van der Waals surface area (Å²) in [6.45, 7) is 3.57. The van der Waals surface area contributed by atoms with E-state index in [1.54, 1.807) is 0 Å². The van der Waals surface area contributed by atoms with E-state index in [1.165, 1.54) is 12.1 Å². The molecule has 1 aromatic rings. The van der Waals surface area contributed by atoms with E-state index in [1.807, 2.05) is 12.1 Å². The number of carboxylic acid groups (broad SMARTS) is 1. The van der Waals surface area contributed by atoms with Gasteiger partial charge in [0.2, 0.25) is 0 Å². The normalized spacial score (nSPS) is 24.3. The van der Waals surface area contributed by atoms with Gasteiger partial charge in [0.1, 0.15) is 5.82 Å². The Hall–Kier alpha value is -1.42. The molecule has 1 heterocycles. The molecule has 0 radical (unpaired) electrons. The molecule has 1 aromatic carbocycles. The summed E-state index contributed by atoms with van der Waals surface area (Å²) in [5.41, 5.74) is 1.14. The van der Waals surface area contributed by atoms with Gasteiger partial charge >= 0.3 is 5.97 Å². The molecule has 2 rings (SSSR count). The number of halogens is 1. The van der Waals surface area contributed by atoms with E-state index >= 15 is 0 Å². The molecule has 0 bridgehead atoms. The highest BCUT2D eigenvalue weighted by Gasteiger charge is 2.29. The molecule has 0 aliphatic carbocycles. The molecule has 1 aliphatic rings. The Kier molecular flexibility index (Phi) is 3.97. The standard InChI is InChI=1S/C14H18FNO2/c1-10-8-12(9-16(10)7-6-14(17)18)11-2-4-13(15)5-3-11/h2-5,10,12H,6-9H2,1H3,(H,17,18)/t10-,12-/m0/s1. The van der Waals surface area contributed by atoms with E-state index in [2.05, 4.69) is 11.8 Å². The van der Waals surface area contributed by atoms with E-state index < -0.39 is 5.97 Å². The molecule has 0 amide bonds. The average Bonchev–Trinajstić information content (AvgIpc) is 2.69. The third-order valence-electron chi connectivity index (χ3n) is 3.66. The van der Waals surface area contributed by atoms with Crippen molar-refractivity contribution in [2.24, 2.45) is 0 Å². The van der Waals surface area contributed by atoms with Crippen molar-refractivity contribution in [3.05, 3.63) is 35.6 Å². The monoisotopic (exact) mass is 251 g/mol. The molecule has 0 aromatic heterocycles. The number of nitrogens with zero attached hydrogens (tertiary/aromatic N) is 1. The second-order valence-electron chi connectivity index (χ2n) is 4.97. The van der Waals surface area contributed by atoms with Gasteiger partial charge < -0.3 is 5.11 Å². The minimum absolute atomic E-state index is 0.181. The first-order valence-corrected chi connectivity index (χ1v) is 6.27. The van der Waals surface area contributed by atoms with Crippen molar-refractivity contribution in [1.29, 1.82) is 0 Å². The van der Waals surface area contributed by atoms with Crippen LogP contribution in [0.2, 0.25) is 0 Å². The molecule has 1 fully saturated rings. The van der Waals surface area contributed by atoms with Crippen molar-refractivity contribution < 1.29 is 14.3 Å².